The maximum Gasteiger partial charge on any atom is 0.189 e. The van der Waals surface area contributed by atoms with E-state index in [2.05, 4.69) is 4.98 Å². The van der Waals surface area contributed by atoms with Crippen molar-refractivity contribution in [3.8, 4) is 6.07 Å². The van der Waals surface area contributed by atoms with Crippen molar-refractivity contribution in [2.45, 2.75) is 25.9 Å². The lowest BCUT2D eigenvalue weighted by atomic mass is 9.92. The van der Waals surface area contributed by atoms with E-state index >= 15 is 0 Å². The van der Waals surface area contributed by atoms with E-state index in [1.807, 2.05) is 6.07 Å². The van der Waals surface area contributed by atoms with Crippen LogP contribution in [-0.2, 0) is 9.53 Å². The van der Waals surface area contributed by atoms with Crippen LogP contribution in [0.2, 0.25) is 5.02 Å². The highest BCUT2D eigenvalue weighted by atomic mass is 35.5. The van der Waals surface area contributed by atoms with Crippen molar-refractivity contribution in [1.82, 2.24) is 4.98 Å². The molecule has 1 heterocycles. The van der Waals surface area contributed by atoms with Crippen molar-refractivity contribution >= 4 is 34.1 Å². The van der Waals surface area contributed by atoms with Crippen molar-refractivity contribution in [3.63, 3.8) is 0 Å². The molecule has 1 aliphatic rings. The van der Waals surface area contributed by atoms with Gasteiger partial charge in [-0.3, -0.25) is 9.59 Å². The van der Waals surface area contributed by atoms with Crippen LogP contribution >= 0.6 is 11.6 Å². The average Bonchev–Trinajstić information content (AvgIpc) is 3.31. The summed E-state index contributed by atoms with van der Waals surface area (Å²) >= 11 is 5.93. The fourth-order valence-corrected chi connectivity index (χ4v) is 2.76. The highest BCUT2D eigenvalue weighted by Crippen LogP contribution is 2.29. The fourth-order valence-electron chi connectivity index (χ4n) is 2.59. The number of aromatic nitrogens is 1. The number of ketones is 2. The van der Waals surface area contributed by atoms with E-state index in [9.17, 15) is 14.9 Å². The van der Waals surface area contributed by atoms with Gasteiger partial charge >= 0.3 is 0 Å². The number of carbonyl (C=O) groups excluding carboxylic acids is 2. The quantitative estimate of drug-likeness (QED) is 0.615. The Balaban J connectivity index is 1.79. The molecule has 3 rings (SSSR count). The standard InChI is InChI=1S/C18H17ClN2O3/c1-10(24-9-11-2-3-11)17(22)14(7-20)18(23)15-8-21-16-6-12(19)4-5-13(15)16/h4-6,8,10-11,14,21H,2-3,9H2,1H3. The Morgan fingerprint density at radius 3 is 2.88 bits per heavy atom. The van der Waals surface area contributed by atoms with Gasteiger partial charge in [0, 0.05) is 27.7 Å². The van der Waals surface area contributed by atoms with Crippen molar-refractivity contribution in [2.75, 3.05) is 6.61 Å². The Kier molecular flexibility index (Phi) is 4.70. The second-order valence-electron chi connectivity index (χ2n) is 6.14. The molecule has 2 unspecified atom stereocenters. The van der Waals surface area contributed by atoms with E-state index in [4.69, 9.17) is 16.3 Å². The third-order valence-corrected chi connectivity index (χ3v) is 4.50. The predicted octanol–water partition coefficient (Wildman–Crippen LogP) is 3.53. The summed E-state index contributed by atoms with van der Waals surface area (Å²) in [5, 5.41) is 10.5. The van der Waals surface area contributed by atoms with Gasteiger partial charge in [-0.15, -0.1) is 0 Å². The van der Waals surface area contributed by atoms with E-state index in [1.165, 1.54) is 6.20 Å². The third-order valence-electron chi connectivity index (χ3n) is 4.26. The molecule has 2 aromatic rings. The van der Waals surface area contributed by atoms with Crippen LogP contribution in [0.25, 0.3) is 10.9 Å². The monoisotopic (exact) mass is 344 g/mol. The number of H-pyrrole nitrogens is 1. The molecule has 124 valence electrons. The Labute approximate surface area is 144 Å². The van der Waals surface area contributed by atoms with Crippen LogP contribution in [-0.4, -0.2) is 29.3 Å². The van der Waals surface area contributed by atoms with Gasteiger partial charge in [-0.05, 0) is 37.8 Å². The van der Waals surface area contributed by atoms with Gasteiger partial charge in [-0.2, -0.15) is 5.26 Å². The second-order valence-corrected chi connectivity index (χ2v) is 6.58. The first-order chi connectivity index (χ1) is 11.5. The molecule has 1 saturated carbocycles. The topological polar surface area (TPSA) is 82.9 Å². The number of nitriles is 1. The SMILES string of the molecule is CC(OCC1CC1)C(=O)C(C#N)C(=O)c1c[nH]c2cc(Cl)ccc12. The molecule has 1 aromatic carbocycles. The molecular formula is C18H17ClN2O3. The maximum absolute atomic E-state index is 12.7. The zero-order chi connectivity index (χ0) is 17.3. The van der Waals surface area contributed by atoms with E-state index < -0.39 is 23.6 Å². The number of fused-ring (bicyclic) bond motifs is 1. The number of carbonyl (C=O) groups is 2. The Morgan fingerprint density at radius 1 is 1.46 bits per heavy atom. The summed E-state index contributed by atoms with van der Waals surface area (Å²) in [4.78, 5) is 28.1. The molecule has 5 nitrogen and oxygen atoms in total. The van der Waals surface area contributed by atoms with Crippen molar-refractivity contribution in [2.24, 2.45) is 11.8 Å². The largest absolute Gasteiger partial charge is 0.370 e. The van der Waals surface area contributed by atoms with Gasteiger partial charge in [0.05, 0.1) is 12.7 Å². The summed E-state index contributed by atoms with van der Waals surface area (Å²) in [6.07, 6.45) is 2.97. The van der Waals surface area contributed by atoms with E-state index in [0.29, 0.717) is 34.0 Å². The number of rotatable bonds is 7. The summed E-state index contributed by atoms with van der Waals surface area (Å²) in [5.41, 5.74) is 1.00. The number of hydrogen-bond donors (Lipinski definition) is 1. The van der Waals surface area contributed by atoms with E-state index in [-0.39, 0.29) is 0 Å². The first-order valence-electron chi connectivity index (χ1n) is 7.87. The van der Waals surface area contributed by atoms with Crippen molar-refractivity contribution < 1.29 is 14.3 Å². The van der Waals surface area contributed by atoms with Crippen LogP contribution in [0.15, 0.2) is 24.4 Å². The summed E-state index contributed by atoms with van der Waals surface area (Å²) in [6.45, 7) is 2.10. The number of nitrogens with one attached hydrogen (secondary N) is 1. The minimum Gasteiger partial charge on any atom is -0.370 e. The molecule has 0 amide bonds. The summed E-state index contributed by atoms with van der Waals surface area (Å²) < 4.78 is 5.50. The molecule has 1 aliphatic carbocycles. The lowest BCUT2D eigenvalue weighted by Gasteiger charge is -2.14. The number of ether oxygens (including phenoxy) is 1. The van der Waals surface area contributed by atoms with Gasteiger partial charge < -0.3 is 9.72 Å². The number of nitrogens with zero attached hydrogens (tertiary/aromatic N) is 1. The number of hydrogen-bond acceptors (Lipinski definition) is 4. The molecule has 6 heteroatoms. The fraction of sp³-hybridized carbons (Fsp3) is 0.389. The minimum absolute atomic E-state index is 0.316. The maximum atomic E-state index is 12.7. The first-order valence-corrected chi connectivity index (χ1v) is 8.25. The molecule has 0 radical (unpaired) electrons. The molecule has 0 bridgehead atoms. The molecular weight excluding hydrogens is 328 g/mol. The highest BCUT2D eigenvalue weighted by molar-refractivity contribution is 6.31. The van der Waals surface area contributed by atoms with Gasteiger partial charge in [0.1, 0.15) is 6.10 Å². The van der Waals surface area contributed by atoms with Gasteiger partial charge in [0.2, 0.25) is 0 Å². The number of Topliss-reactive ketones (excluding diaryl/α,β-unsaturated/α-hetero) is 2. The van der Waals surface area contributed by atoms with Crippen LogP contribution < -0.4 is 0 Å². The van der Waals surface area contributed by atoms with Crippen LogP contribution in [0.4, 0.5) is 0 Å². The Hall–Kier alpha value is -2.16. The molecule has 0 spiro atoms. The molecule has 24 heavy (non-hydrogen) atoms. The highest BCUT2D eigenvalue weighted by Gasteiger charge is 2.33. The second kappa shape index (κ2) is 6.76. The number of halogens is 1. The van der Waals surface area contributed by atoms with Crippen molar-refractivity contribution in [1.29, 1.82) is 5.26 Å². The molecule has 1 aromatic heterocycles. The zero-order valence-electron chi connectivity index (χ0n) is 13.2. The normalized spacial score (nSPS) is 16.5. The minimum atomic E-state index is -1.37. The molecule has 0 saturated heterocycles. The van der Waals surface area contributed by atoms with Gasteiger partial charge in [0.25, 0.3) is 0 Å². The lowest BCUT2D eigenvalue weighted by Crippen LogP contribution is -2.33. The smallest absolute Gasteiger partial charge is 0.189 e. The van der Waals surface area contributed by atoms with Crippen LogP contribution in [0.5, 0.6) is 0 Å². The predicted molar refractivity (Wildman–Crippen MR) is 89.9 cm³/mol. The zero-order valence-corrected chi connectivity index (χ0v) is 14.0. The first kappa shape index (κ1) is 16.7. The van der Waals surface area contributed by atoms with E-state index in [0.717, 1.165) is 12.8 Å². The van der Waals surface area contributed by atoms with Gasteiger partial charge in [-0.25, -0.2) is 0 Å². The molecule has 0 aliphatic heterocycles. The number of aromatic amines is 1. The van der Waals surface area contributed by atoms with Crippen LogP contribution in [0, 0.1) is 23.2 Å². The van der Waals surface area contributed by atoms with Gasteiger partial charge in [-0.1, -0.05) is 17.7 Å². The third kappa shape index (κ3) is 3.35. The average molecular weight is 345 g/mol. The summed E-state index contributed by atoms with van der Waals surface area (Å²) in [6, 6.07) is 6.89. The van der Waals surface area contributed by atoms with Crippen LogP contribution in [0.3, 0.4) is 0 Å². The molecule has 1 N–H and O–H groups in total. The summed E-state index contributed by atoms with van der Waals surface area (Å²) in [5.74, 6) is -1.87. The Morgan fingerprint density at radius 2 is 2.21 bits per heavy atom. The van der Waals surface area contributed by atoms with Gasteiger partial charge in [0.15, 0.2) is 17.5 Å². The number of benzene rings is 1. The molecule has 1 fully saturated rings. The Bertz CT molecular complexity index is 832. The van der Waals surface area contributed by atoms with Crippen LogP contribution in [0.1, 0.15) is 30.1 Å². The lowest BCUT2D eigenvalue weighted by molar-refractivity contribution is -0.130. The molecule has 2 atom stereocenters. The summed E-state index contributed by atoms with van der Waals surface area (Å²) in [7, 11) is 0. The van der Waals surface area contributed by atoms with Crippen molar-refractivity contribution in [3.05, 3.63) is 35.0 Å². The van der Waals surface area contributed by atoms with E-state index in [1.54, 1.807) is 25.1 Å².